The van der Waals surface area contributed by atoms with Gasteiger partial charge in [-0.1, -0.05) is 37.8 Å². The van der Waals surface area contributed by atoms with Gasteiger partial charge in [0.15, 0.2) is 12.1 Å². The minimum Gasteiger partial charge on any atom is -0.477 e. The average Bonchev–Trinajstić information content (AvgIpc) is 2.54. The number of carbonyl (C=O) groups is 1. The van der Waals surface area contributed by atoms with Gasteiger partial charge in [-0.05, 0) is 18.2 Å². The van der Waals surface area contributed by atoms with Gasteiger partial charge in [-0.2, -0.15) is 9.97 Å². The van der Waals surface area contributed by atoms with E-state index in [2.05, 4.69) is 40.2 Å². The standard InChI is InChI=1S/C17H24N4O2Si/c1-18-17-20-15(19-13-8-6-5-7-9-13)14(12-22)16(21-17)23-10-11-24(2,3)4/h5-9,12H,10-11H2,1-4H3,(H2,18,19,20,21). The molecule has 2 rings (SSSR count). The molecule has 128 valence electrons. The van der Waals surface area contributed by atoms with Gasteiger partial charge in [0.1, 0.15) is 5.56 Å². The summed E-state index contributed by atoms with van der Waals surface area (Å²) in [4.78, 5) is 20.2. The van der Waals surface area contributed by atoms with Crippen LogP contribution in [0.25, 0.3) is 0 Å². The smallest absolute Gasteiger partial charge is 0.231 e. The number of aldehydes is 1. The molecule has 0 fully saturated rings. The molecule has 0 bridgehead atoms. The Labute approximate surface area is 143 Å². The normalized spacial score (nSPS) is 11.0. The van der Waals surface area contributed by atoms with Crippen LogP contribution in [0.3, 0.4) is 0 Å². The highest BCUT2D eigenvalue weighted by atomic mass is 28.3. The quantitative estimate of drug-likeness (QED) is 0.560. The van der Waals surface area contributed by atoms with Gasteiger partial charge in [0.25, 0.3) is 0 Å². The van der Waals surface area contributed by atoms with Crippen LogP contribution in [-0.2, 0) is 0 Å². The molecule has 2 aromatic rings. The van der Waals surface area contributed by atoms with E-state index in [1.165, 1.54) is 0 Å². The summed E-state index contributed by atoms with van der Waals surface area (Å²) in [6.45, 7) is 7.37. The van der Waals surface area contributed by atoms with Gasteiger partial charge < -0.3 is 15.4 Å². The highest BCUT2D eigenvalue weighted by molar-refractivity contribution is 6.76. The molecule has 7 heteroatoms. The fourth-order valence-electron chi connectivity index (χ4n) is 1.98. The van der Waals surface area contributed by atoms with Gasteiger partial charge in [0.05, 0.1) is 6.61 Å². The molecular formula is C17H24N4O2Si. The second-order valence-electron chi connectivity index (χ2n) is 6.63. The van der Waals surface area contributed by atoms with Crippen molar-refractivity contribution >= 4 is 31.8 Å². The Kier molecular flexibility index (Phi) is 5.92. The Hall–Kier alpha value is -2.41. The third kappa shape index (κ3) is 5.06. The maximum atomic E-state index is 11.6. The lowest BCUT2D eigenvalue weighted by atomic mass is 10.3. The number of carbonyl (C=O) groups excluding carboxylic acids is 1. The van der Waals surface area contributed by atoms with E-state index in [9.17, 15) is 4.79 Å². The fraction of sp³-hybridized carbons (Fsp3) is 0.353. The third-order valence-corrected chi connectivity index (χ3v) is 5.08. The lowest BCUT2D eigenvalue weighted by molar-refractivity contribution is 0.111. The first kappa shape index (κ1) is 17.9. The van der Waals surface area contributed by atoms with E-state index in [0.29, 0.717) is 29.8 Å². The van der Waals surface area contributed by atoms with Crippen molar-refractivity contribution in [2.24, 2.45) is 0 Å². The maximum Gasteiger partial charge on any atom is 0.231 e. The molecule has 1 heterocycles. The average molecular weight is 344 g/mol. The molecule has 0 radical (unpaired) electrons. The molecule has 24 heavy (non-hydrogen) atoms. The van der Waals surface area contributed by atoms with Crippen LogP contribution in [-0.4, -0.2) is 38.0 Å². The number of aromatic nitrogens is 2. The first-order valence-electron chi connectivity index (χ1n) is 7.93. The van der Waals surface area contributed by atoms with Gasteiger partial charge in [-0.3, -0.25) is 4.79 Å². The summed E-state index contributed by atoms with van der Waals surface area (Å²) in [5, 5.41) is 6.05. The topological polar surface area (TPSA) is 76.1 Å². The van der Waals surface area contributed by atoms with Crippen molar-refractivity contribution in [3.05, 3.63) is 35.9 Å². The summed E-state index contributed by atoms with van der Waals surface area (Å²) in [5.41, 5.74) is 1.17. The fourth-order valence-corrected chi connectivity index (χ4v) is 2.70. The molecule has 0 aliphatic rings. The van der Waals surface area contributed by atoms with Crippen molar-refractivity contribution < 1.29 is 9.53 Å². The van der Waals surface area contributed by atoms with E-state index < -0.39 is 8.07 Å². The monoisotopic (exact) mass is 344 g/mol. The predicted molar refractivity (Wildman–Crippen MR) is 100 cm³/mol. The lowest BCUT2D eigenvalue weighted by Crippen LogP contribution is -2.23. The molecular weight excluding hydrogens is 320 g/mol. The van der Waals surface area contributed by atoms with Gasteiger partial charge in [-0.25, -0.2) is 0 Å². The van der Waals surface area contributed by atoms with Crippen LogP contribution in [0.2, 0.25) is 25.7 Å². The Morgan fingerprint density at radius 2 is 1.88 bits per heavy atom. The van der Waals surface area contributed by atoms with Crippen LogP contribution in [0.5, 0.6) is 5.88 Å². The second kappa shape index (κ2) is 7.92. The molecule has 1 aromatic heterocycles. The van der Waals surface area contributed by atoms with E-state index in [-0.39, 0.29) is 0 Å². The highest BCUT2D eigenvalue weighted by Crippen LogP contribution is 2.26. The molecule has 0 amide bonds. The minimum atomic E-state index is -1.22. The number of benzene rings is 1. The zero-order valence-electron chi connectivity index (χ0n) is 14.6. The number of hydrogen-bond donors (Lipinski definition) is 2. The summed E-state index contributed by atoms with van der Waals surface area (Å²) < 4.78 is 5.80. The molecule has 0 saturated heterocycles. The molecule has 0 spiro atoms. The summed E-state index contributed by atoms with van der Waals surface area (Å²) in [7, 11) is 0.507. The number of ether oxygens (including phenoxy) is 1. The van der Waals surface area contributed by atoms with E-state index in [1.54, 1.807) is 7.05 Å². The Bertz CT molecular complexity index is 687. The summed E-state index contributed by atoms with van der Waals surface area (Å²) in [6.07, 6.45) is 0.731. The van der Waals surface area contributed by atoms with E-state index in [1.807, 2.05) is 30.3 Å². The van der Waals surface area contributed by atoms with Crippen LogP contribution in [0.1, 0.15) is 10.4 Å². The number of para-hydroxylation sites is 1. The largest absolute Gasteiger partial charge is 0.477 e. The Morgan fingerprint density at radius 3 is 2.46 bits per heavy atom. The van der Waals surface area contributed by atoms with Gasteiger partial charge >= 0.3 is 0 Å². The molecule has 0 aliphatic carbocycles. The van der Waals surface area contributed by atoms with Gasteiger partial charge in [-0.15, -0.1) is 0 Å². The van der Waals surface area contributed by atoms with Crippen LogP contribution < -0.4 is 15.4 Å². The van der Waals surface area contributed by atoms with Crippen LogP contribution in [0, 0.1) is 0 Å². The molecule has 0 saturated carbocycles. The van der Waals surface area contributed by atoms with Crippen molar-refractivity contribution in [2.45, 2.75) is 25.7 Å². The second-order valence-corrected chi connectivity index (χ2v) is 12.3. The molecule has 0 aliphatic heterocycles. The van der Waals surface area contributed by atoms with E-state index in [4.69, 9.17) is 4.74 Å². The zero-order valence-corrected chi connectivity index (χ0v) is 15.6. The molecule has 2 N–H and O–H groups in total. The summed E-state index contributed by atoms with van der Waals surface area (Å²) in [6, 6.07) is 10.5. The van der Waals surface area contributed by atoms with Crippen molar-refractivity contribution in [2.75, 3.05) is 24.3 Å². The minimum absolute atomic E-state index is 0.307. The van der Waals surface area contributed by atoms with Crippen LogP contribution in [0.4, 0.5) is 17.5 Å². The number of rotatable bonds is 8. The van der Waals surface area contributed by atoms with Crippen molar-refractivity contribution in [1.29, 1.82) is 0 Å². The predicted octanol–water partition coefficient (Wildman–Crippen LogP) is 3.79. The van der Waals surface area contributed by atoms with Crippen molar-refractivity contribution in [1.82, 2.24) is 9.97 Å². The number of nitrogens with zero attached hydrogens (tertiary/aromatic N) is 2. The van der Waals surface area contributed by atoms with Crippen LogP contribution >= 0.6 is 0 Å². The first-order chi connectivity index (χ1) is 11.4. The molecule has 0 unspecified atom stereocenters. The highest BCUT2D eigenvalue weighted by Gasteiger charge is 2.18. The molecule has 0 atom stereocenters. The molecule has 1 aromatic carbocycles. The third-order valence-electron chi connectivity index (χ3n) is 3.38. The maximum absolute atomic E-state index is 11.6. The van der Waals surface area contributed by atoms with Crippen LogP contribution in [0.15, 0.2) is 30.3 Å². The summed E-state index contributed by atoms with van der Waals surface area (Å²) in [5.74, 6) is 1.14. The van der Waals surface area contributed by atoms with E-state index in [0.717, 1.165) is 18.0 Å². The zero-order chi connectivity index (χ0) is 17.6. The van der Waals surface area contributed by atoms with Gasteiger partial charge in [0, 0.05) is 20.8 Å². The lowest BCUT2D eigenvalue weighted by Gasteiger charge is -2.17. The number of nitrogens with one attached hydrogen (secondary N) is 2. The van der Waals surface area contributed by atoms with Crippen molar-refractivity contribution in [3.8, 4) is 5.88 Å². The molecule has 6 nitrogen and oxygen atoms in total. The first-order valence-corrected chi connectivity index (χ1v) is 11.6. The Balaban J connectivity index is 2.29. The number of anilines is 3. The van der Waals surface area contributed by atoms with Crippen molar-refractivity contribution in [3.63, 3.8) is 0 Å². The Morgan fingerprint density at radius 1 is 1.17 bits per heavy atom. The summed E-state index contributed by atoms with van der Waals surface area (Å²) >= 11 is 0. The number of hydrogen-bond acceptors (Lipinski definition) is 6. The SMILES string of the molecule is CNc1nc(Nc2ccccc2)c(C=O)c(OCC[Si](C)(C)C)n1. The van der Waals surface area contributed by atoms with Gasteiger partial charge in [0.2, 0.25) is 11.8 Å². The van der Waals surface area contributed by atoms with E-state index >= 15 is 0 Å².